The van der Waals surface area contributed by atoms with Crippen molar-refractivity contribution in [3.63, 3.8) is 0 Å². The molecular formula is C16H27NSi. The molecule has 1 fully saturated rings. The second-order valence-electron chi connectivity index (χ2n) is 7.12. The van der Waals surface area contributed by atoms with Crippen LogP contribution in [0.4, 0.5) is 0 Å². The lowest BCUT2D eigenvalue weighted by Crippen LogP contribution is -2.37. The average Bonchev–Trinajstić information content (AvgIpc) is 2.93. The van der Waals surface area contributed by atoms with E-state index in [1.165, 1.54) is 18.5 Å². The minimum absolute atomic E-state index is 0.955. The van der Waals surface area contributed by atoms with E-state index in [2.05, 4.69) is 62.8 Å². The van der Waals surface area contributed by atoms with Crippen molar-refractivity contribution in [2.45, 2.75) is 39.5 Å². The molecule has 2 heteroatoms. The molecule has 0 aliphatic heterocycles. The van der Waals surface area contributed by atoms with Crippen molar-refractivity contribution < 1.29 is 0 Å². The van der Waals surface area contributed by atoms with Gasteiger partial charge in [0.1, 0.15) is 0 Å². The Balaban J connectivity index is 1.89. The van der Waals surface area contributed by atoms with E-state index in [-0.39, 0.29) is 0 Å². The first-order valence-electron chi connectivity index (χ1n) is 7.14. The van der Waals surface area contributed by atoms with E-state index >= 15 is 0 Å². The highest BCUT2D eigenvalue weighted by Crippen LogP contribution is 2.38. The molecule has 0 bridgehead atoms. The molecule has 2 rings (SSSR count). The Morgan fingerprint density at radius 2 is 1.72 bits per heavy atom. The van der Waals surface area contributed by atoms with Crippen molar-refractivity contribution in [2.75, 3.05) is 13.6 Å². The van der Waals surface area contributed by atoms with Crippen molar-refractivity contribution in [3.8, 4) is 0 Å². The summed E-state index contributed by atoms with van der Waals surface area (Å²) in [6, 6.07) is 9.32. The van der Waals surface area contributed by atoms with Gasteiger partial charge in [-0.25, -0.2) is 0 Å². The molecule has 1 aliphatic rings. The molecule has 0 spiro atoms. The van der Waals surface area contributed by atoms with Gasteiger partial charge in [-0.2, -0.15) is 0 Å². The first-order chi connectivity index (χ1) is 8.36. The van der Waals surface area contributed by atoms with Gasteiger partial charge in [-0.05, 0) is 30.9 Å². The molecule has 1 aliphatic carbocycles. The summed E-state index contributed by atoms with van der Waals surface area (Å²) in [5.74, 6) is 1.91. The summed E-state index contributed by atoms with van der Waals surface area (Å²) in [5.41, 5.74) is 1.45. The van der Waals surface area contributed by atoms with Crippen LogP contribution in [0.2, 0.25) is 19.6 Å². The van der Waals surface area contributed by atoms with Crippen LogP contribution in [0.1, 0.15) is 18.9 Å². The first kappa shape index (κ1) is 13.8. The quantitative estimate of drug-likeness (QED) is 0.735. The Labute approximate surface area is 113 Å². The summed E-state index contributed by atoms with van der Waals surface area (Å²) < 4.78 is 0. The van der Waals surface area contributed by atoms with E-state index in [9.17, 15) is 0 Å². The minimum atomic E-state index is -1.14. The summed E-state index contributed by atoms with van der Waals surface area (Å²) >= 11 is 0. The maximum atomic E-state index is 2.47. The van der Waals surface area contributed by atoms with Crippen molar-refractivity contribution in [2.24, 2.45) is 11.8 Å². The van der Waals surface area contributed by atoms with Crippen LogP contribution in [-0.2, 0) is 6.54 Å². The third-order valence-corrected chi connectivity index (χ3v) is 6.16. The van der Waals surface area contributed by atoms with Crippen molar-refractivity contribution in [1.82, 2.24) is 4.90 Å². The molecule has 0 heterocycles. The fourth-order valence-electron chi connectivity index (χ4n) is 2.54. The summed E-state index contributed by atoms with van der Waals surface area (Å²) in [7, 11) is 1.11. The second-order valence-corrected chi connectivity index (χ2v) is 12.2. The van der Waals surface area contributed by atoms with Crippen LogP contribution < -0.4 is 5.19 Å². The molecule has 100 valence electrons. The molecule has 1 saturated carbocycles. The SMILES string of the molecule is CC1CC1CN(C)Cc1ccc([Si](C)(C)C)cc1. The fraction of sp³-hybridized carbons (Fsp3) is 0.625. The molecular weight excluding hydrogens is 234 g/mol. The number of hydrogen-bond donors (Lipinski definition) is 0. The largest absolute Gasteiger partial charge is 0.302 e. The first-order valence-corrected chi connectivity index (χ1v) is 10.6. The van der Waals surface area contributed by atoms with Gasteiger partial charge in [0.25, 0.3) is 0 Å². The van der Waals surface area contributed by atoms with Crippen LogP contribution in [0.25, 0.3) is 0 Å². The smallest absolute Gasteiger partial charge is 0.0775 e. The molecule has 0 N–H and O–H groups in total. The van der Waals surface area contributed by atoms with E-state index in [4.69, 9.17) is 0 Å². The third kappa shape index (κ3) is 3.69. The monoisotopic (exact) mass is 261 g/mol. The van der Waals surface area contributed by atoms with E-state index in [0.29, 0.717) is 0 Å². The van der Waals surface area contributed by atoms with E-state index < -0.39 is 8.07 Å². The van der Waals surface area contributed by atoms with Crippen molar-refractivity contribution in [3.05, 3.63) is 29.8 Å². The predicted molar refractivity (Wildman–Crippen MR) is 83.0 cm³/mol. The molecule has 2 atom stereocenters. The summed E-state index contributed by atoms with van der Waals surface area (Å²) in [4.78, 5) is 2.47. The van der Waals surface area contributed by atoms with Crippen LogP contribution in [0.3, 0.4) is 0 Å². The number of hydrogen-bond acceptors (Lipinski definition) is 1. The lowest BCUT2D eigenvalue weighted by Gasteiger charge is -2.19. The second kappa shape index (κ2) is 5.18. The Hall–Kier alpha value is -0.603. The Morgan fingerprint density at radius 1 is 1.17 bits per heavy atom. The van der Waals surface area contributed by atoms with Crippen LogP contribution in [0.15, 0.2) is 24.3 Å². The zero-order valence-electron chi connectivity index (χ0n) is 12.5. The zero-order valence-corrected chi connectivity index (χ0v) is 13.5. The Kier molecular flexibility index (Phi) is 3.98. The lowest BCUT2D eigenvalue weighted by atomic mass is 10.2. The Morgan fingerprint density at radius 3 is 2.17 bits per heavy atom. The maximum Gasteiger partial charge on any atom is 0.0775 e. The average molecular weight is 261 g/mol. The maximum absolute atomic E-state index is 2.47. The molecule has 0 amide bonds. The van der Waals surface area contributed by atoms with Crippen LogP contribution in [-0.4, -0.2) is 26.6 Å². The fourth-order valence-corrected chi connectivity index (χ4v) is 3.71. The molecule has 0 aromatic heterocycles. The van der Waals surface area contributed by atoms with Gasteiger partial charge in [-0.1, -0.05) is 56.0 Å². The molecule has 0 saturated heterocycles. The number of benzene rings is 1. The van der Waals surface area contributed by atoms with Crippen molar-refractivity contribution >= 4 is 13.3 Å². The van der Waals surface area contributed by atoms with Gasteiger partial charge in [0.15, 0.2) is 0 Å². The van der Waals surface area contributed by atoms with Gasteiger partial charge >= 0.3 is 0 Å². The minimum Gasteiger partial charge on any atom is -0.302 e. The van der Waals surface area contributed by atoms with Gasteiger partial charge in [0.05, 0.1) is 8.07 Å². The summed E-state index contributed by atoms with van der Waals surface area (Å²) in [6.07, 6.45) is 1.43. The van der Waals surface area contributed by atoms with Gasteiger partial charge in [0, 0.05) is 13.1 Å². The standard InChI is InChI=1S/C16H27NSi/c1-13-10-15(13)12-17(2)11-14-6-8-16(9-7-14)18(3,4)5/h6-9,13,15H,10-12H2,1-5H3. The molecule has 1 nitrogen and oxygen atoms in total. The van der Waals surface area contributed by atoms with Crippen LogP contribution in [0.5, 0.6) is 0 Å². The van der Waals surface area contributed by atoms with E-state index in [1.54, 1.807) is 5.19 Å². The topological polar surface area (TPSA) is 3.24 Å². The van der Waals surface area contributed by atoms with Gasteiger partial charge in [-0.3, -0.25) is 0 Å². The van der Waals surface area contributed by atoms with Crippen molar-refractivity contribution in [1.29, 1.82) is 0 Å². The molecule has 1 aromatic carbocycles. The number of rotatable bonds is 5. The van der Waals surface area contributed by atoms with Gasteiger partial charge in [0.2, 0.25) is 0 Å². The normalized spacial score (nSPS) is 23.4. The van der Waals surface area contributed by atoms with E-state index in [0.717, 1.165) is 18.4 Å². The predicted octanol–water partition coefficient (Wildman–Crippen LogP) is 3.32. The highest BCUT2D eigenvalue weighted by molar-refractivity contribution is 6.88. The van der Waals surface area contributed by atoms with Crippen LogP contribution >= 0.6 is 0 Å². The highest BCUT2D eigenvalue weighted by atomic mass is 28.3. The summed E-state index contributed by atoms with van der Waals surface area (Å²) in [5, 5.41) is 1.56. The van der Waals surface area contributed by atoms with Crippen LogP contribution in [0, 0.1) is 11.8 Å². The number of nitrogens with zero attached hydrogens (tertiary/aromatic N) is 1. The Bertz CT molecular complexity index is 391. The molecule has 1 aromatic rings. The lowest BCUT2D eigenvalue weighted by molar-refractivity contribution is 0.307. The third-order valence-electron chi connectivity index (χ3n) is 4.09. The van der Waals surface area contributed by atoms with Gasteiger partial charge < -0.3 is 4.90 Å². The molecule has 18 heavy (non-hydrogen) atoms. The summed E-state index contributed by atoms with van der Waals surface area (Å²) in [6.45, 7) is 11.9. The zero-order chi connectivity index (χ0) is 13.3. The highest BCUT2D eigenvalue weighted by Gasteiger charge is 2.32. The molecule has 0 radical (unpaired) electrons. The van der Waals surface area contributed by atoms with E-state index in [1.807, 2.05) is 0 Å². The van der Waals surface area contributed by atoms with Gasteiger partial charge in [-0.15, -0.1) is 0 Å². The molecule has 2 unspecified atom stereocenters.